The molecule has 0 saturated carbocycles. The Morgan fingerprint density at radius 1 is 0.838 bits per heavy atom. The molecule has 2 aliphatic heterocycles. The average Bonchev–Trinajstić information content (AvgIpc) is 2.91. The summed E-state index contributed by atoms with van der Waals surface area (Å²) in [6.45, 7) is 15.4. The summed E-state index contributed by atoms with van der Waals surface area (Å²) >= 11 is 0. The van der Waals surface area contributed by atoms with Crippen LogP contribution >= 0.6 is 0 Å². The summed E-state index contributed by atoms with van der Waals surface area (Å²) in [7, 11) is 0. The molecule has 0 atom stereocenters. The summed E-state index contributed by atoms with van der Waals surface area (Å²) in [4.78, 5) is 26.8. The van der Waals surface area contributed by atoms with Gasteiger partial charge in [-0.15, -0.1) is 0 Å². The zero-order valence-electron chi connectivity index (χ0n) is 21.5. The van der Waals surface area contributed by atoms with E-state index in [1.54, 1.807) is 0 Å². The van der Waals surface area contributed by atoms with Crippen molar-refractivity contribution in [3.63, 3.8) is 0 Å². The molecule has 2 aromatic rings. The molecule has 0 saturated heterocycles. The zero-order valence-corrected chi connectivity index (χ0v) is 21.5. The minimum Gasteiger partial charge on any atom is -0.478 e. The van der Waals surface area contributed by atoms with Crippen LogP contribution in [0.5, 0.6) is 11.5 Å². The Kier molecular flexibility index (Phi) is 8.31. The predicted octanol–water partition coefficient (Wildman–Crippen LogP) is 3.77. The van der Waals surface area contributed by atoms with E-state index >= 15 is 0 Å². The van der Waals surface area contributed by atoms with Gasteiger partial charge in [0.1, 0.15) is 38.2 Å². The molecule has 4 rings (SSSR count). The lowest BCUT2D eigenvalue weighted by atomic mass is 9.77. The Morgan fingerprint density at radius 2 is 1.27 bits per heavy atom. The van der Waals surface area contributed by atoms with Gasteiger partial charge in [0.15, 0.2) is 0 Å². The molecular weight excluding hydrogens is 472 g/mol. The van der Waals surface area contributed by atoms with E-state index in [1.807, 2.05) is 12.1 Å². The first kappa shape index (κ1) is 26.4. The average molecular weight is 507 g/mol. The molecule has 0 aliphatic carbocycles. The van der Waals surface area contributed by atoms with Crippen molar-refractivity contribution in [2.45, 2.75) is 32.4 Å². The number of ether oxygens (including phenoxy) is 4. The molecule has 0 N–H and O–H groups in total. The van der Waals surface area contributed by atoms with E-state index in [1.165, 1.54) is 23.3 Å². The summed E-state index contributed by atoms with van der Waals surface area (Å²) in [6.07, 6.45) is 2.34. The van der Waals surface area contributed by atoms with Gasteiger partial charge in [0.05, 0.1) is 0 Å². The molecule has 0 amide bonds. The van der Waals surface area contributed by atoms with Crippen molar-refractivity contribution in [3.8, 4) is 11.5 Å². The first-order chi connectivity index (χ1) is 17.8. The van der Waals surface area contributed by atoms with Crippen LogP contribution < -0.4 is 9.47 Å². The molecule has 0 unspecified atom stereocenters. The van der Waals surface area contributed by atoms with Gasteiger partial charge in [-0.05, 0) is 35.4 Å². The van der Waals surface area contributed by atoms with Crippen LogP contribution in [-0.4, -0.2) is 61.5 Å². The minimum atomic E-state index is -0.419. The van der Waals surface area contributed by atoms with E-state index in [0.717, 1.165) is 22.6 Å². The molecule has 196 valence electrons. The third-order valence-electron chi connectivity index (χ3n) is 6.79. The zero-order chi connectivity index (χ0) is 26.4. The lowest BCUT2D eigenvalue weighted by Crippen LogP contribution is -2.35. The second-order valence-electron chi connectivity index (χ2n) is 9.67. The number of esters is 2. The van der Waals surface area contributed by atoms with Gasteiger partial charge < -0.3 is 18.9 Å². The summed E-state index contributed by atoms with van der Waals surface area (Å²) in [5.74, 6) is 0.921. The summed E-state index contributed by atoms with van der Waals surface area (Å²) in [5, 5.41) is 0. The highest BCUT2D eigenvalue weighted by Gasteiger charge is 2.28. The van der Waals surface area contributed by atoms with Crippen LogP contribution in [0.2, 0.25) is 0 Å². The maximum atomic E-state index is 11.3. The van der Waals surface area contributed by atoms with Crippen LogP contribution in [0.15, 0.2) is 61.7 Å². The lowest BCUT2D eigenvalue weighted by Gasteiger charge is -2.33. The number of hydrogen-bond donors (Lipinski definition) is 0. The van der Waals surface area contributed by atoms with Gasteiger partial charge in [-0.2, -0.15) is 0 Å². The predicted molar refractivity (Wildman–Crippen MR) is 139 cm³/mol. The highest BCUT2D eigenvalue weighted by Crippen LogP contribution is 2.38. The third-order valence-corrected chi connectivity index (χ3v) is 6.79. The molecule has 8 nitrogen and oxygen atoms in total. The van der Waals surface area contributed by atoms with Crippen LogP contribution in [0.3, 0.4) is 0 Å². The van der Waals surface area contributed by atoms with Crippen LogP contribution in [0.4, 0.5) is 0 Å². The quantitative estimate of drug-likeness (QED) is 0.356. The topological polar surface area (TPSA) is 77.5 Å². The monoisotopic (exact) mass is 506 g/mol. The Labute approximate surface area is 218 Å². The number of carbonyl (C=O) groups excluding carboxylic acids is 2. The van der Waals surface area contributed by atoms with E-state index in [2.05, 4.69) is 61.1 Å². The van der Waals surface area contributed by atoms with Crippen molar-refractivity contribution in [3.05, 3.63) is 84.0 Å². The molecule has 0 aromatic heterocycles. The Morgan fingerprint density at radius 3 is 1.68 bits per heavy atom. The maximum absolute atomic E-state index is 11.3. The minimum absolute atomic E-state index is 0.256. The lowest BCUT2D eigenvalue weighted by molar-refractivity contribution is -0.139. The number of hydrogen-bond acceptors (Lipinski definition) is 8. The molecule has 2 aliphatic rings. The van der Waals surface area contributed by atoms with Gasteiger partial charge in [0.25, 0.3) is 0 Å². The molecule has 2 aromatic carbocycles. The molecule has 0 radical (unpaired) electrons. The second kappa shape index (κ2) is 11.6. The van der Waals surface area contributed by atoms with Crippen molar-refractivity contribution in [2.75, 3.05) is 39.8 Å². The van der Waals surface area contributed by atoms with Crippen LogP contribution in [0, 0.1) is 0 Å². The summed E-state index contributed by atoms with van der Waals surface area (Å²) in [6, 6.07) is 12.7. The van der Waals surface area contributed by atoms with E-state index in [9.17, 15) is 9.59 Å². The molecule has 2 heterocycles. The van der Waals surface area contributed by atoms with Gasteiger partial charge in [0.2, 0.25) is 0 Å². The number of rotatable bonds is 10. The Bertz CT molecular complexity index is 1090. The molecule has 37 heavy (non-hydrogen) atoms. The highest BCUT2D eigenvalue weighted by molar-refractivity contribution is 5.81. The fourth-order valence-corrected chi connectivity index (χ4v) is 4.48. The smallest absolute Gasteiger partial charge is 0.330 e. The molecule has 0 spiro atoms. The number of fused-ring (bicyclic) bond motifs is 2. The number of nitrogens with zero attached hydrogens (tertiary/aromatic N) is 2. The van der Waals surface area contributed by atoms with Gasteiger partial charge in [-0.25, -0.2) is 9.59 Å². The van der Waals surface area contributed by atoms with Crippen LogP contribution in [-0.2, 0) is 37.6 Å². The summed E-state index contributed by atoms with van der Waals surface area (Å²) < 4.78 is 22.1. The van der Waals surface area contributed by atoms with Gasteiger partial charge in [-0.3, -0.25) is 9.80 Å². The van der Waals surface area contributed by atoms with Crippen molar-refractivity contribution >= 4 is 11.9 Å². The fraction of sp³-hybridized carbons (Fsp3) is 0.379. The van der Waals surface area contributed by atoms with Crippen LogP contribution in [0.1, 0.15) is 36.1 Å². The van der Waals surface area contributed by atoms with E-state index in [0.29, 0.717) is 52.9 Å². The number of carbonyl (C=O) groups is 2. The van der Waals surface area contributed by atoms with Crippen molar-refractivity contribution in [1.82, 2.24) is 9.80 Å². The van der Waals surface area contributed by atoms with Crippen LogP contribution in [0.25, 0.3) is 0 Å². The SMILES string of the molecule is C=CC(=O)OCCN1COc2ccc(C(C)(C)c3ccc4c(c3)CN(CCOC(=O)C=C)CO4)cc2C1. The first-order valence-corrected chi connectivity index (χ1v) is 12.4. The normalized spacial score (nSPS) is 15.4. The fourth-order valence-electron chi connectivity index (χ4n) is 4.48. The maximum Gasteiger partial charge on any atom is 0.330 e. The Balaban J connectivity index is 1.44. The molecule has 0 fully saturated rings. The Hall–Kier alpha value is -3.62. The summed E-state index contributed by atoms with van der Waals surface area (Å²) in [5.41, 5.74) is 4.31. The molecule has 8 heteroatoms. The van der Waals surface area contributed by atoms with E-state index in [4.69, 9.17) is 18.9 Å². The van der Waals surface area contributed by atoms with Crippen molar-refractivity contribution in [1.29, 1.82) is 0 Å². The second-order valence-corrected chi connectivity index (χ2v) is 9.67. The first-order valence-electron chi connectivity index (χ1n) is 12.4. The van der Waals surface area contributed by atoms with E-state index in [-0.39, 0.29) is 5.41 Å². The van der Waals surface area contributed by atoms with Gasteiger partial charge in [0, 0.05) is 54.9 Å². The number of benzene rings is 2. The van der Waals surface area contributed by atoms with Crippen molar-refractivity contribution in [2.24, 2.45) is 0 Å². The van der Waals surface area contributed by atoms with E-state index < -0.39 is 11.9 Å². The third kappa shape index (κ3) is 6.39. The molecular formula is C29H34N2O6. The molecule has 0 bridgehead atoms. The van der Waals surface area contributed by atoms with Gasteiger partial charge >= 0.3 is 11.9 Å². The standard InChI is InChI=1S/C29H34N2O6/c1-5-27(32)34-13-11-30-17-21-15-23(7-9-25(21)36-19-30)29(3,4)24-8-10-26-22(16-24)18-31(20-37-26)12-14-35-28(33)6-2/h5-10,15-16H,1-2,11-14,17-20H2,3-4H3. The van der Waals surface area contributed by atoms with Crippen molar-refractivity contribution < 1.29 is 28.5 Å². The highest BCUT2D eigenvalue weighted by atomic mass is 16.5. The largest absolute Gasteiger partial charge is 0.478 e. The van der Waals surface area contributed by atoms with Gasteiger partial charge in [-0.1, -0.05) is 39.1 Å².